The average Bonchev–Trinajstić information content (AvgIpc) is 2.49. The molecule has 1 spiro atoms. The van der Waals surface area contributed by atoms with Crippen molar-refractivity contribution in [3.63, 3.8) is 0 Å². The summed E-state index contributed by atoms with van der Waals surface area (Å²) in [6.45, 7) is 7.88. The lowest BCUT2D eigenvalue weighted by Gasteiger charge is -2.82. The van der Waals surface area contributed by atoms with Crippen LogP contribution in [0.4, 0.5) is 0 Å². The van der Waals surface area contributed by atoms with E-state index in [4.69, 9.17) is 0 Å². The Morgan fingerprint density at radius 2 is 1.87 bits per heavy atom. The van der Waals surface area contributed by atoms with Gasteiger partial charge in [-0.1, -0.05) is 20.8 Å². The fraction of sp³-hybridized carbons (Fsp3) is 1.00. The first kappa shape index (κ1) is 8.14. The molecule has 6 saturated carbocycles. The van der Waals surface area contributed by atoms with Crippen LogP contribution in [0.3, 0.4) is 0 Å². The van der Waals surface area contributed by atoms with Gasteiger partial charge in [0.1, 0.15) is 0 Å². The van der Waals surface area contributed by atoms with Gasteiger partial charge in [-0.05, 0) is 71.5 Å². The lowest BCUT2D eigenvalue weighted by atomic mass is 9.22. The van der Waals surface area contributed by atoms with Crippen LogP contribution in [0.1, 0.15) is 40.0 Å². The summed E-state index contributed by atoms with van der Waals surface area (Å²) < 4.78 is 0. The molecule has 6 aliphatic carbocycles. The van der Waals surface area contributed by atoms with Crippen LogP contribution in [0, 0.1) is 52.3 Å². The van der Waals surface area contributed by atoms with E-state index in [9.17, 15) is 0 Å². The SMILES string of the molecule is CC1C2CC34C5CC(CC5C23)C1(C)C4C. The van der Waals surface area contributed by atoms with Gasteiger partial charge in [0.25, 0.3) is 0 Å². The molecule has 0 nitrogen and oxygen atoms in total. The molecule has 6 fully saturated rings. The molecular formula is C15H22. The highest BCUT2D eigenvalue weighted by molar-refractivity contribution is 5.32. The molecule has 0 heteroatoms. The molecule has 0 aromatic carbocycles. The molecule has 9 atom stereocenters. The van der Waals surface area contributed by atoms with E-state index in [0.29, 0.717) is 0 Å². The lowest BCUT2D eigenvalue weighted by Crippen LogP contribution is -2.77. The first-order valence-corrected chi connectivity index (χ1v) is 7.11. The van der Waals surface area contributed by atoms with Crippen molar-refractivity contribution in [3.8, 4) is 0 Å². The molecule has 0 saturated heterocycles. The van der Waals surface area contributed by atoms with E-state index in [0.717, 1.165) is 34.5 Å². The van der Waals surface area contributed by atoms with Crippen molar-refractivity contribution in [2.75, 3.05) is 0 Å². The van der Waals surface area contributed by atoms with Gasteiger partial charge in [-0.3, -0.25) is 0 Å². The maximum atomic E-state index is 2.66. The summed E-state index contributed by atoms with van der Waals surface area (Å²) in [5.41, 5.74) is 1.63. The molecule has 0 amide bonds. The predicted molar refractivity (Wildman–Crippen MR) is 60.2 cm³/mol. The molecule has 6 aliphatic rings. The molecular weight excluding hydrogens is 180 g/mol. The van der Waals surface area contributed by atoms with Crippen LogP contribution in [0.5, 0.6) is 0 Å². The van der Waals surface area contributed by atoms with Crippen LogP contribution in [-0.4, -0.2) is 0 Å². The van der Waals surface area contributed by atoms with Gasteiger partial charge < -0.3 is 0 Å². The van der Waals surface area contributed by atoms with Crippen molar-refractivity contribution in [1.29, 1.82) is 0 Å². The maximum absolute atomic E-state index is 2.66. The van der Waals surface area contributed by atoms with Crippen molar-refractivity contribution in [1.82, 2.24) is 0 Å². The molecule has 5 bridgehead atoms. The van der Waals surface area contributed by atoms with Gasteiger partial charge in [0, 0.05) is 0 Å². The molecule has 15 heavy (non-hydrogen) atoms. The minimum atomic E-state index is 0.737. The second-order valence-corrected chi connectivity index (χ2v) is 7.82. The van der Waals surface area contributed by atoms with Crippen LogP contribution in [-0.2, 0) is 0 Å². The highest BCUT2D eigenvalue weighted by Gasteiger charge is 2.85. The predicted octanol–water partition coefficient (Wildman–Crippen LogP) is 3.57. The second-order valence-electron chi connectivity index (χ2n) is 7.82. The van der Waals surface area contributed by atoms with Crippen molar-refractivity contribution in [2.45, 2.75) is 40.0 Å². The third-order valence-electron chi connectivity index (χ3n) is 8.68. The number of hydrogen-bond donors (Lipinski definition) is 0. The van der Waals surface area contributed by atoms with Gasteiger partial charge in [-0.2, -0.15) is 0 Å². The van der Waals surface area contributed by atoms with Gasteiger partial charge in [0.15, 0.2) is 0 Å². The summed E-state index contributed by atoms with van der Waals surface area (Å²) in [7, 11) is 0. The first-order chi connectivity index (χ1) is 7.11. The Hall–Kier alpha value is 0. The molecule has 9 unspecified atom stereocenters. The topological polar surface area (TPSA) is 0 Å². The molecule has 0 N–H and O–H groups in total. The second kappa shape index (κ2) is 1.83. The van der Waals surface area contributed by atoms with Crippen molar-refractivity contribution < 1.29 is 0 Å². The van der Waals surface area contributed by atoms with E-state index in [-0.39, 0.29) is 0 Å². The summed E-state index contributed by atoms with van der Waals surface area (Å²) in [6.07, 6.45) is 4.88. The number of fused-ring (bicyclic) bond motifs is 1. The van der Waals surface area contributed by atoms with E-state index in [2.05, 4.69) is 20.8 Å². The van der Waals surface area contributed by atoms with Gasteiger partial charge in [-0.25, -0.2) is 0 Å². The first-order valence-electron chi connectivity index (χ1n) is 7.11. The molecule has 0 aromatic rings. The minimum absolute atomic E-state index is 0.737. The number of rotatable bonds is 0. The number of hydrogen-bond acceptors (Lipinski definition) is 0. The lowest BCUT2D eigenvalue weighted by molar-refractivity contribution is -0.350. The van der Waals surface area contributed by atoms with Gasteiger partial charge in [0.05, 0.1) is 0 Å². The van der Waals surface area contributed by atoms with E-state index in [1.54, 1.807) is 19.3 Å². The third-order valence-corrected chi connectivity index (χ3v) is 8.68. The van der Waals surface area contributed by atoms with Crippen LogP contribution in [0.2, 0.25) is 0 Å². The van der Waals surface area contributed by atoms with E-state index in [1.165, 1.54) is 17.8 Å². The summed E-state index contributed by atoms with van der Waals surface area (Å²) in [4.78, 5) is 0. The molecule has 0 aliphatic heterocycles. The Bertz CT molecular complexity index is 364. The third kappa shape index (κ3) is 0.477. The van der Waals surface area contributed by atoms with Gasteiger partial charge in [0.2, 0.25) is 0 Å². The monoisotopic (exact) mass is 202 g/mol. The highest BCUT2D eigenvalue weighted by atomic mass is 14.9. The highest BCUT2D eigenvalue weighted by Crippen LogP contribution is 2.90. The molecule has 0 heterocycles. The quantitative estimate of drug-likeness (QED) is 0.563. The zero-order valence-corrected chi connectivity index (χ0v) is 10.2. The maximum Gasteiger partial charge on any atom is -0.0199 e. The summed E-state index contributed by atoms with van der Waals surface area (Å²) in [6, 6.07) is 0. The normalized spacial score (nSPS) is 81.4. The molecule has 0 radical (unpaired) electrons. The molecule has 82 valence electrons. The zero-order valence-electron chi connectivity index (χ0n) is 10.2. The minimum Gasteiger partial charge on any atom is -0.0617 e. The molecule has 0 aromatic heterocycles. The summed E-state index contributed by atoms with van der Waals surface area (Å²) >= 11 is 0. The summed E-state index contributed by atoms with van der Waals surface area (Å²) in [5, 5.41) is 0. The van der Waals surface area contributed by atoms with Crippen LogP contribution < -0.4 is 0 Å². The van der Waals surface area contributed by atoms with Crippen molar-refractivity contribution in [2.24, 2.45) is 52.3 Å². The van der Waals surface area contributed by atoms with E-state index < -0.39 is 0 Å². The van der Waals surface area contributed by atoms with Gasteiger partial charge in [-0.15, -0.1) is 0 Å². The Morgan fingerprint density at radius 1 is 1.07 bits per heavy atom. The van der Waals surface area contributed by atoms with Crippen LogP contribution in [0.15, 0.2) is 0 Å². The van der Waals surface area contributed by atoms with Crippen LogP contribution >= 0.6 is 0 Å². The molecule has 6 rings (SSSR count). The Kier molecular flexibility index (Phi) is 0.991. The Morgan fingerprint density at radius 3 is 2.67 bits per heavy atom. The fourth-order valence-electron chi connectivity index (χ4n) is 7.93. The van der Waals surface area contributed by atoms with E-state index in [1.807, 2.05) is 0 Å². The summed E-state index contributed by atoms with van der Waals surface area (Å²) in [5.74, 6) is 7.95. The van der Waals surface area contributed by atoms with Gasteiger partial charge >= 0.3 is 0 Å². The average molecular weight is 202 g/mol. The van der Waals surface area contributed by atoms with Crippen molar-refractivity contribution in [3.05, 3.63) is 0 Å². The van der Waals surface area contributed by atoms with E-state index >= 15 is 0 Å². The van der Waals surface area contributed by atoms with Crippen molar-refractivity contribution >= 4 is 0 Å². The smallest absolute Gasteiger partial charge is 0.0199 e. The largest absolute Gasteiger partial charge is 0.0617 e. The zero-order chi connectivity index (χ0) is 10.2. The fourth-order valence-corrected chi connectivity index (χ4v) is 7.93. The standard InChI is InChI=1S/C15H22/c1-7-11-6-15-8(2)14(7,3)9-4-10(13(11)15)12(15)5-9/h7-13H,4-6H2,1-3H3. The van der Waals surface area contributed by atoms with Crippen LogP contribution in [0.25, 0.3) is 0 Å². The Labute approximate surface area is 92.8 Å². The Balaban J connectivity index is 1.81.